The minimum atomic E-state index is 0.214. The molecule has 1 saturated heterocycles. The van der Waals surface area contributed by atoms with E-state index < -0.39 is 0 Å². The van der Waals surface area contributed by atoms with E-state index in [-0.39, 0.29) is 5.78 Å². The fourth-order valence-corrected chi connectivity index (χ4v) is 3.61. The average Bonchev–Trinajstić information content (AvgIpc) is 2.93. The highest BCUT2D eigenvalue weighted by Crippen LogP contribution is 2.17. The fraction of sp³-hybridized carbons (Fsp3) is 0.429. The molecule has 0 aliphatic carbocycles. The van der Waals surface area contributed by atoms with Crippen LogP contribution in [0.3, 0.4) is 0 Å². The first-order chi connectivity index (χ1) is 12.6. The molecule has 5 nitrogen and oxygen atoms in total. The normalized spacial score (nSPS) is 15.9. The highest BCUT2D eigenvalue weighted by Gasteiger charge is 2.22. The molecule has 1 aliphatic rings. The monoisotopic (exact) mass is 352 g/mol. The third-order valence-electron chi connectivity index (χ3n) is 5.13. The first-order valence-electron chi connectivity index (χ1n) is 9.24. The van der Waals surface area contributed by atoms with Crippen molar-refractivity contribution in [1.29, 1.82) is 0 Å². The van der Waals surface area contributed by atoms with Crippen molar-refractivity contribution in [3.8, 4) is 0 Å². The lowest BCUT2D eigenvalue weighted by Crippen LogP contribution is -2.47. The Balaban J connectivity index is 1.54. The zero-order valence-corrected chi connectivity index (χ0v) is 15.8. The van der Waals surface area contributed by atoms with Crippen LogP contribution in [-0.2, 0) is 13.1 Å². The zero-order valence-electron chi connectivity index (χ0n) is 15.8. The Morgan fingerprint density at radius 2 is 1.92 bits per heavy atom. The van der Waals surface area contributed by atoms with Crippen LogP contribution >= 0.6 is 0 Å². The van der Waals surface area contributed by atoms with E-state index in [1.807, 2.05) is 44.3 Å². The average molecular weight is 352 g/mol. The molecule has 26 heavy (non-hydrogen) atoms. The molecule has 0 amide bonds. The van der Waals surface area contributed by atoms with Gasteiger partial charge in [0.15, 0.2) is 5.78 Å². The molecular weight excluding hydrogens is 324 g/mol. The van der Waals surface area contributed by atoms with Crippen LogP contribution in [0.25, 0.3) is 0 Å². The van der Waals surface area contributed by atoms with Gasteiger partial charge in [-0.1, -0.05) is 12.1 Å². The molecule has 3 rings (SSSR count). The van der Waals surface area contributed by atoms with Gasteiger partial charge in [0.05, 0.1) is 12.2 Å². The number of carbonyl (C=O) groups excluding carboxylic acids is 1. The van der Waals surface area contributed by atoms with Crippen LogP contribution in [0.1, 0.15) is 27.4 Å². The summed E-state index contributed by atoms with van der Waals surface area (Å²) in [5.74, 6) is 0.214. The van der Waals surface area contributed by atoms with Gasteiger partial charge in [-0.2, -0.15) is 0 Å². The van der Waals surface area contributed by atoms with Crippen molar-refractivity contribution in [1.82, 2.24) is 19.4 Å². The molecule has 0 saturated carbocycles. The lowest BCUT2D eigenvalue weighted by Gasteiger charge is -2.34. The van der Waals surface area contributed by atoms with Crippen LogP contribution < -0.4 is 0 Å². The van der Waals surface area contributed by atoms with Crippen LogP contribution in [-0.4, -0.2) is 57.9 Å². The number of carbonyl (C=O) groups is 1. The van der Waals surface area contributed by atoms with Gasteiger partial charge in [0, 0.05) is 62.4 Å². The van der Waals surface area contributed by atoms with Crippen molar-refractivity contribution in [2.45, 2.75) is 26.9 Å². The highest BCUT2D eigenvalue weighted by molar-refractivity contribution is 5.99. The Morgan fingerprint density at radius 3 is 2.58 bits per heavy atom. The van der Waals surface area contributed by atoms with Gasteiger partial charge in [0.25, 0.3) is 0 Å². The molecule has 0 N–H and O–H groups in total. The molecule has 2 aromatic rings. The van der Waals surface area contributed by atoms with E-state index in [4.69, 9.17) is 0 Å². The lowest BCUT2D eigenvalue weighted by molar-refractivity contribution is 0.0841. The van der Waals surface area contributed by atoms with E-state index in [0.29, 0.717) is 6.54 Å². The molecule has 3 heterocycles. The summed E-state index contributed by atoms with van der Waals surface area (Å²) in [6.07, 6.45) is 3.71. The molecule has 0 spiro atoms. The van der Waals surface area contributed by atoms with Crippen molar-refractivity contribution in [2.24, 2.45) is 0 Å². The SMILES string of the molecule is C=CCn1c(C)cc(C(=O)CN2CCN(Cc3ccccn3)CC2)c1C. The number of Topliss-reactive ketones (excluding diaryl/α,β-unsaturated/α-hetero) is 1. The quantitative estimate of drug-likeness (QED) is 0.567. The molecule has 0 atom stereocenters. The standard InChI is InChI=1S/C21H28N4O/c1-4-9-25-17(2)14-20(18(25)3)21(26)16-24-12-10-23(11-13-24)15-19-7-5-6-8-22-19/h4-8,14H,1,9-13,15-16H2,2-3H3. The maximum atomic E-state index is 12.8. The number of aromatic nitrogens is 2. The van der Waals surface area contributed by atoms with Gasteiger partial charge >= 0.3 is 0 Å². The molecule has 0 bridgehead atoms. The molecule has 0 unspecified atom stereocenters. The Hall–Kier alpha value is -2.24. The molecule has 0 aromatic carbocycles. The van der Waals surface area contributed by atoms with Crippen LogP contribution in [0.5, 0.6) is 0 Å². The first-order valence-corrected chi connectivity index (χ1v) is 9.24. The number of aryl methyl sites for hydroxylation is 1. The summed E-state index contributed by atoms with van der Waals surface area (Å²) in [6.45, 7) is 13.8. The van der Waals surface area contributed by atoms with Gasteiger partial charge in [0.2, 0.25) is 0 Å². The van der Waals surface area contributed by atoms with E-state index in [0.717, 1.165) is 61.9 Å². The van der Waals surface area contributed by atoms with Crippen molar-refractivity contribution >= 4 is 5.78 Å². The summed E-state index contributed by atoms with van der Waals surface area (Å²) >= 11 is 0. The van der Waals surface area contributed by atoms with Crippen LogP contribution in [0, 0.1) is 13.8 Å². The van der Waals surface area contributed by atoms with Crippen molar-refractivity contribution in [3.05, 3.63) is 65.8 Å². The number of rotatable bonds is 7. The van der Waals surface area contributed by atoms with Gasteiger partial charge in [0.1, 0.15) is 0 Å². The number of pyridine rings is 1. The van der Waals surface area contributed by atoms with Gasteiger partial charge in [-0.25, -0.2) is 0 Å². The first kappa shape index (κ1) is 18.5. The van der Waals surface area contributed by atoms with E-state index in [9.17, 15) is 4.79 Å². The largest absolute Gasteiger partial charge is 0.345 e. The minimum Gasteiger partial charge on any atom is -0.345 e. The summed E-state index contributed by atoms with van der Waals surface area (Å²) in [6, 6.07) is 8.05. The van der Waals surface area contributed by atoms with Gasteiger partial charge in [-0.3, -0.25) is 19.6 Å². The topological polar surface area (TPSA) is 41.4 Å². The summed E-state index contributed by atoms with van der Waals surface area (Å²) < 4.78 is 2.14. The summed E-state index contributed by atoms with van der Waals surface area (Å²) in [5.41, 5.74) is 4.11. The van der Waals surface area contributed by atoms with Crippen molar-refractivity contribution < 1.29 is 4.79 Å². The number of nitrogens with zero attached hydrogens (tertiary/aromatic N) is 4. The number of ketones is 1. The van der Waals surface area contributed by atoms with Gasteiger partial charge in [-0.15, -0.1) is 6.58 Å². The van der Waals surface area contributed by atoms with E-state index >= 15 is 0 Å². The van der Waals surface area contributed by atoms with Crippen molar-refractivity contribution in [3.63, 3.8) is 0 Å². The van der Waals surface area contributed by atoms with Crippen LogP contribution in [0.2, 0.25) is 0 Å². The van der Waals surface area contributed by atoms with E-state index in [2.05, 4.69) is 32.0 Å². The van der Waals surface area contributed by atoms with E-state index in [1.165, 1.54) is 0 Å². The summed E-state index contributed by atoms with van der Waals surface area (Å²) in [7, 11) is 0. The van der Waals surface area contributed by atoms with Crippen LogP contribution in [0.4, 0.5) is 0 Å². The highest BCUT2D eigenvalue weighted by atomic mass is 16.1. The number of piperazine rings is 1. The minimum absolute atomic E-state index is 0.214. The third kappa shape index (κ3) is 4.29. The maximum Gasteiger partial charge on any atom is 0.178 e. The number of hydrogen-bond acceptors (Lipinski definition) is 4. The number of hydrogen-bond donors (Lipinski definition) is 0. The second-order valence-corrected chi connectivity index (χ2v) is 6.98. The van der Waals surface area contributed by atoms with Crippen molar-refractivity contribution in [2.75, 3.05) is 32.7 Å². The van der Waals surface area contributed by atoms with Crippen LogP contribution in [0.15, 0.2) is 43.1 Å². The Labute approximate surface area is 155 Å². The molecule has 138 valence electrons. The van der Waals surface area contributed by atoms with Gasteiger partial charge < -0.3 is 4.57 Å². The summed E-state index contributed by atoms with van der Waals surface area (Å²) in [5, 5.41) is 0. The number of allylic oxidation sites excluding steroid dienone is 1. The Bertz CT molecular complexity index is 758. The second kappa shape index (κ2) is 8.43. The van der Waals surface area contributed by atoms with E-state index in [1.54, 1.807) is 0 Å². The Kier molecular flexibility index (Phi) is 6.01. The lowest BCUT2D eigenvalue weighted by atomic mass is 10.1. The smallest absolute Gasteiger partial charge is 0.178 e. The molecular formula is C21H28N4O. The summed E-state index contributed by atoms with van der Waals surface area (Å²) in [4.78, 5) is 21.8. The fourth-order valence-electron chi connectivity index (χ4n) is 3.61. The molecule has 2 aromatic heterocycles. The third-order valence-corrected chi connectivity index (χ3v) is 5.13. The predicted molar refractivity (Wildman–Crippen MR) is 104 cm³/mol. The molecule has 1 fully saturated rings. The molecule has 5 heteroatoms. The Morgan fingerprint density at radius 1 is 1.19 bits per heavy atom. The molecule has 0 radical (unpaired) electrons. The zero-order chi connectivity index (χ0) is 18.5. The predicted octanol–water partition coefficient (Wildman–Crippen LogP) is 2.69. The molecule has 1 aliphatic heterocycles. The second-order valence-electron chi connectivity index (χ2n) is 6.98. The van der Waals surface area contributed by atoms with Gasteiger partial charge in [-0.05, 0) is 32.0 Å². The maximum absolute atomic E-state index is 12.8.